The van der Waals surface area contributed by atoms with Gasteiger partial charge in [-0.1, -0.05) is 12.8 Å². The second-order valence-corrected chi connectivity index (χ2v) is 8.90. The minimum atomic E-state index is -0.374. The summed E-state index contributed by atoms with van der Waals surface area (Å²) in [6, 6.07) is 8.18. The Morgan fingerprint density at radius 3 is 2.21 bits per heavy atom. The van der Waals surface area contributed by atoms with Crippen LogP contribution in [0.2, 0.25) is 0 Å². The number of nitrogens with zero attached hydrogens (tertiary/aromatic N) is 1. The van der Waals surface area contributed by atoms with E-state index in [9.17, 15) is 4.79 Å². The highest BCUT2D eigenvalue weighted by Crippen LogP contribution is 2.54. The summed E-state index contributed by atoms with van der Waals surface area (Å²) >= 11 is 0. The first-order chi connectivity index (χ1) is 16.6. The molecule has 0 saturated heterocycles. The van der Waals surface area contributed by atoms with Gasteiger partial charge >= 0.3 is 5.97 Å². The number of fused-ring (bicyclic) bond motifs is 2. The maximum atomic E-state index is 13.2. The standard InChI is InChI=1S/C26H27NO7/c1-29-21-8-14(9-22(30-2)25(21)31-3)23-16-10-19-20(34-13-33-19)11-17(16)27(15-6-4-5-7-15)18-12-32-26(28)24(18)23/h8-11,15,23H,4-7,12-13H2,1-3H3. The molecule has 3 aliphatic heterocycles. The van der Waals surface area contributed by atoms with Crippen molar-refractivity contribution in [3.05, 3.63) is 46.7 Å². The third-order valence-electron chi connectivity index (χ3n) is 7.25. The van der Waals surface area contributed by atoms with Gasteiger partial charge in [0.05, 0.1) is 32.6 Å². The summed E-state index contributed by atoms with van der Waals surface area (Å²) in [7, 11) is 4.75. The van der Waals surface area contributed by atoms with Crippen LogP contribution in [0.5, 0.6) is 28.7 Å². The number of benzene rings is 2. The quantitative estimate of drug-likeness (QED) is 0.610. The first kappa shape index (κ1) is 21.0. The minimum absolute atomic E-state index is 0.186. The lowest BCUT2D eigenvalue weighted by Crippen LogP contribution is -2.38. The third kappa shape index (κ3) is 3.01. The van der Waals surface area contributed by atoms with E-state index in [1.807, 2.05) is 24.3 Å². The van der Waals surface area contributed by atoms with E-state index in [1.54, 1.807) is 21.3 Å². The molecule has 6 rings (SSSR count). The molecule has 4 aliphatic rings. The van der Waals surface area contributed by atoms with Crippen molar-refractivity contribution in [2.24, 2.45) is 0 Å². The molecule has 1 fully saturated rings. The molecule has 1 saturated carbocycles. The summed E-state index contributed by atoms with van der Waals surface area (Å²) in [6.07, 6.45) is 4.50. The van der Waals surface area contributed by atoms with Crippen molar-refractivity contribution in [1.29, 1.82) is 0 Å². The maximum absolute atomic E-state index is 13.2. The van der Waals surface area contributed by atoms with Crippen LogP contribution >= 0.6 is 0 Å². The van der Waals surface area contributed by atoms with Gasteiger partial charge in [-0.2, -0.15) is 0 Å². The molecule has 0 aromatic heterocycles. The van der Waals surface area contributed by atoms with Crippen LogP contribution in [0.3, 0.4) is 0 Å². The van der Waals surface area contributed by atoms with Crippen LogP contribution < -0.4 is 28.6 Å². The molecule has 0 N–H and O–H groups in total. The molecular formula is C26H27NO7. The molecule has 0 bridgehead atoms. The van der Waals surface area contributed by atoms with Gasteiger partial charge in [0, 0.05) is 23.7 Å². The normalized spacial score (nSPS) is 20.9. The highest BCUT2D eigenvalue weighted by atomic mass is 16.7. The number of ether oxygens (including phenoxy) is 6. The van der Waals surface area contributed by atoms with Gasteiger partial charge < -0.3 is 33.3 Å². The van der Waals surface area contributed by atoms with Crippen LogP contribution in [0.1, 0.15) is 42.7 Å². The van der Waals surface area contributed by atoms with Crippen LogP contribution in [0.25, 0.3) is 0 Å². The monoisotopic (exact) mass is 465 g/mol. The number of esters is 1. The summed E-state index contributed by atoms with van der Waals surface area (Å²) in [5.74, 6) is 2.31. The fourth-order valence-electron chi connectivity index (χ4n) is 5.77. The zero-order valence-electron chi connectivity index (χ0n) is 19.5. The molecule has 1 atom stereocenters. The van der Waals surface area contributed by atoms with Crippen molar-refractivity contribution in [2.75, 3.05) is 39.6 Å². The van der Waals surface area contributed by atoms with Gasteiger partial charge in [-0.15, -0.1) is 0 Å². The average molecular weight is 466 g/mol. The molecule has 2 aromatic rings. The summed E-state index contributed by atoms with van der Waals surface area (Å²) in [5.41, 5.74) is 4.46. The number of anilines is 1. The molecule has 8 heteroatoms. The topological polar surface area (TPSA) is 75.7 Å². The smallest absolute Gasteiger partial charge is 0.337 e. The van der Waals surface area contributed by atoms with E-state index in [0.29, 0.717) is 34.6 Å². The van der Waals surface area contributed by atoms with Gasteiger partial charge in [0.1, 0.15) is 6.61 Å². The molecule has 1 aliphatic carbocycles. The second kappa shape index (κ2) is 8.04. The van der Waals surface area contributed by atoms with Crippen molar-refractivity contribution in [1.82, 2.24) is 0 Å². The first-order valence-corrected chi connectivity index (χ1v) is 11.6. The van der Waals surface area contributed by atoms with Crippen LogP contribution in [0, 0.1) is 0 Å². The van der Waals surface area contributed by atoms with Crippen molar-refractivity contribution in [2.45, 2.75) is 37.6 Å². The number of carbonyl (C=O) groups excluding carboxylic acids is 1. The number of rotatable bonds is 5. The van der Waals surface area contributed by atoms with E-state index in [2.05, 4.69) is 4.90 Å². The Hall–Kier alpha value is -3.55. The van der Waals surface area contributed by atoms with E-state index in [1.165, 1.54) is 12.8 Å². The lowest BCUT2D eigenvalue weighted by molar-refractivity contribution is -0.136. The Morgan fingerprint density at radius 2 is 1.56 bits per heavy atom. The molecular weight excluding hydrogens is 438 g/mol. The van der Waals surface area contributed by atoms with Crippen molar-refractivity contribution in [3.63, 3.8) is 0 Å². The fourth-order valence-corrected chi connectivity index (χ4v) is 5.77. The van der Waals surface area contributed by atoms with Crippen LogP contribution in [0.15, 0.2) is 35.5 Å². The number of hydrogen-bond acceptors (Lipinski definition) is 8. The summed E-state index contributed by atoms with van der Waals surface area (Å²) in [6.45, 7) is 0.450. The first-order valence-electron chi connectivity index (χ1n) is 11.6. The van der Waals surface area contributed by atoms with E-state index in [0.717, 1.165) is 41.1 Å². The Labute approximate surface area is 197 Å². The van der Waals surface area contributed by atoms with Gasteiger partial charge in [-0.3, -0.25) is 0 Å². The molecule has 3 heterocycles. The Morgan fingerprint density at radius 1 is 0.882 bits per heavy atom. The van der Waals surface area contributed by atoms with Crippen molar-refractivity contribution >= 4 is 11.7 Å². The summed E-state index contributed by atoms with van der Waals surface area (Å²) in [5, 5.41) is 0. The van der Waals surface area contributed by atoms with E-state index < -0.39 is 0 Å². The predicted molar refractivity (Wildman–Crippen MR) is 123 cm³/mol. The molecule has 1 unspecified atom stereocenters. The van der Waals surface area contributed by atoms with Crippen LogP contribution in [-0.2, 0) is 9.53 Å². The second-order valence-electron chi connectivity index (χ2n) is 8.90. The molecule has 0 amide bonds. The molecule has 34 heavy (non-hydrogen) atoms. The van der Waals surface area contributed by atoms with Crippen LogP contribution in [-0.4, -0.2) is 46.7 Å². The molecule has 8 nitrogen and oxygen atoms in total. The van der Waals surface area contributed by atoms with E-state index in [4.69, 9.17) is 28.4 Å². The Balaban J connectivity index is 1.61. The molecule has 0 radical (unpaired) electrons. The lowest BCUT2D eigenvalue weighted by Gasteiger charge is -2.39. The van der Waals surface area contributed by atoms with Gasteiger partial charge in [0.2, 0.25) is 12.5 Å². The largest absolute Gasteiger partial charge is 0.493 e. The lowest BCUT2D eigenvalue weighted by atomic mass is 9.79. The summed E-state index contributed by atoms with van der Waals surface area (Å²) < 4.78 is 33.9. The average Bonchev–Trinajstić information content (AvgIpc) is 3.62. The predicted octanol–water partition coefficient (Wildman–Crippen LogP) is 4.15. The fraction of sp³-hybridized carbons (Fsp3) is 0.423. The molecule has 178 valence electrons. The number of methoxy groups -OCH3 is 3. The highest BCUT2D eigenvalue weighted by Gasteiger charge is 2.45. The number of hydrogen-bond donors (Lipinski definition) is 0. The number of cyclic esters (lactones) is 1. The van der Waals surface area contributed by atoms with Crippen molar-refractivity contribution in [3.8, 4) is 28.7 Å². The van der Waals surface area contributed by atoms with Gasteiger partial charge in [0.25, 0.3) is 0 Å². The molecule has 0 spiro atoms. The Bertz CT molecular complexity index is 1170. The van der Waals surface area contributed by atoms with Crippen LogP contribution in [0.4, 0.5) is 5.69 Å². The Kier molecular flexibility index (Phi) is 4.97. The highest BCUT2D eigenvalue weighted by molar-refractivity contribution is 5.98. The van der Waals surface area contributed by atoms with Gasteiger partial charge in [0.15, 0.2) is 23.0 Å². The SMILES string of the molecule is COc1cc(C2C3=C(COC3=O)N(C3CCCC3)c3cc4c(cc32)OCO4)cc(OC)c1OC. The number of carbonyl (C=O) groups is 1. The summed E-state index contributed by atoms with van der Waals surface area (Å²) in [4.78, 5) is 15.5. The van der Waals surface area contributed by atoms with E-state index >= 15 is 0 Å². The maximum Gasteiger partial charge on any atom is 0.337 e. The zero-order chi connectivity index (χ0) is 23.4. The van der Waals surface area contributed by atoms with Gasteiger partial charge in [-0.25, -0.2) is 4.79 Å². The molecule has 2 aromatic carbocycles. The van der Waals surface area contributed by atoms with E-state index in [-0.39, 0.29) is 25.3 Å². The minimum Gasteiger partial charge on any atom is -0.493 e. The van der Waals surface area contributed by atoms with Crippen molar-refractivity contribution < 1.29 is 33.2 Å². The third-order valence-corrected chi connectivity index (χ3v) is 7.25. The zero-order valence-corrected chi connectivity index (χ0v) is 19.5. The van der Waals surface area contributed by atoms with Gasteiger partial charge in [-0.05, 0) is 42.2 Å².